The molecule has 1 amide bonds. The molecule has 0 atom stereocenters. The summed E-state index contributed by atoms with van der Waals surface area (Å²) in [4.78, 5) is 12.0. The number of amides is 1. The van der Waals surface area contributed by atoms with Crippen molar-refractivity contribution in [3.05, 3.63) is 22.7 Å². The fourth-order valence-electron chi connectivity index (χ4n) is 2.09. The van der Waals surface area contributed by atoms with Crippen molar-refractivity contribution in [2.75, 3.05) is 5.32 Å². The van der Waals surface area contributed by atoms with E-state index in [9.17, 15) is 9.90 Å². The number of phenolic OH excluding ortho intramolecular Hbond substituents is 1. The number of carbonyl (C=O) groups excluding carboxylic acids is 1. The zero-order valence-electron chi connectivity index (χ0n) is 9.78. The Bertz CT molecular complexity index is 448. The molecule has 1 aromatic rings. The van der Waals surface area contributed by atoms with Gasteiger partial charge in [0.25, 0.3) is 0 Å². The highest BCUT2D eigenvalue weighted by atomic mass is 79.9. The number of aromatic hydroxyl groups is 1. The highest BCUT2D eigenvalue weighted by molar-refractivity contribution is 9.10. The molecule has 6 heteroatoms. The SMILES string of the molecule is Cl.NC1(C(=O)Nc2cc(Br)ccc2O)CCCC1. The third-order valence-corrected chi connectivity index (χ3v) is 3.65. The van der Waals surface area contributed by atoms with Crippen molar-refractivity contribution < 1.29 is 9.90 Å². The molecular weight excluding hydrogens is 320 g/mol. The number of hydrogen-bond donors (Lipinski definition) is 3. The summed E-state index contributed by atoms with van der Waals surface area (Å²) in [6.07, 6.45) is 3.37. The fraction of sp³-hybridized carbons (Fsp3) is 0.417. The number of rotatable bonds is 2. The number of halogens is 2. The zero-order chi connectivity index (χ0) is 12.5. The van der Waals surface area contributed by atoms with E-state index >= 15 is 0 Å². The first-order valence-corrected chi connectivity index (χ1v) is 6.39. The number of carbonyl (C=O) groups is 1. The van der Waals surface area contributed by atoms with Crippen molar-refractivity contribution in [3.8, 4) is 5.75 Å². The molecular formula is C12H16BrClN2O2. The van der Waals surface area contributed by atoms with Gasteiger partial charge in [-0.1, -0.05) is 28.8 Å². The summed E-state index contributed by atoms with van der Waals surface area (Å²) in [6, 6.07) is 4.89. The molecule has 2 rings (SSSR count). The second-order valence-electron chi connectivity index (χ2n) is 4.48. The standard InChI is InChI=1S/C12H15BrN2O2.ClH/c13-8-3-4-10(16)9(7-8)15-11(17)12(14)5-1-2-6-12;/h3-4,7,16H,1-2,5-6,14H2,(H,15,17);1H. The molecule has 4 N–H and O–H groups in total. The molecule has 1 saturated carbocycles. The summed E-state index contributed by atoms with van der Waals surface area (Å²) in [5, 5.41) is 12.3. The molecule has 100 valence electrons. The molecule has 0 radical (unpaired) electrons. The van der Waals surface area contributed by atoms with Crippen LogP contribution in [-0.2, 0) is 4.79 Å². The summed E-state index contributed by atoms with van der Waals surface area (Å²) >= 11 is 3.29. The maximum atomic E-state index is 12.0. The van der Waals surface area contributed by atoms with Crippen LogP contribution in [0.3, 0.4) is 0 Å². The van der Waals surface area contributed by atoms with Crippen LogP contribution < -0.4 is 11.1 Å². The van der Waals surface area contributed by atoms with Crippen molar-refractivity contribution >= 4 is 39.9 Å². The van der Waals surface area contributed by atoms with E-state index in [2.05, 4.69) is 21.2 Å². The lowest BCUT2D eigenvalue weighted by Gasteiger charge is -2.22. The number of phenols is 1. The first-order chi connectivity index (χ1) is 8.01. The number of benzene rings is 1. The average Bonchev–Trinajstić information content (AvgIpc) is 2.72. The van der Waals surface area contributed by atoms with E-state index in [4.69, 9.17) is 5.73 Å². The molecule has 0 bridgehead atoms. The topological polar surface area (TPSA) is 75.4 Å². The van der Waals surface area contributed by atoms with Gasteiger partial charge in [0.2, 0.25) is 5.91 Å². The molecule has 0 unspecified atom stereocenters. The number of hydrogen-bond acceptors (Lipinski definition) is 3. The van der Waals surface area contributed by atoms with Gasteiger partial charge >= 0.3 is 0 Å². The van der Waals surface area contributed by atoms with Crippen LogP contribution >= 0.6 is 28.3 Å². The van der Waals surface area contributed by atoms with Gasteiger partial charge in [0.05, 0.1) is 11.2 Å². The second-order valence-corrected chi connectivity index (χ2v) is 5.39. The van der Waals surface area contributed by atoms with Crippen LogP contribution in [0, 0.1) is 0 Å². The van der Waals surface area contributed by atoms with Gasteiger partial charge in [-0.25, -0.2) is 0 Å². The summed E-state index contributed by atoms with van der Waals surface area (Å²) in [5.74, 6) is -0.174. The van der Waals surface area contributed by atoms with Gasteiger partial charge in [0.1, 0.15) is 5.75 Å². The minimum absolute atomic E-state index is 0. The lowest BCUT2D eigenvalue weighted by atomic mass is 9.98. The Morgan fingerprint density at radius 1 is 1.39 bits per heavy atom. The number of nitrogens with two attached hydrogens (primary N) is 1. The molecule has 18 heavy (non-hydrogen) atoms. The quantitative estimate of drug-likeness (QED) is 0.727. The predicted octanol–water partition coefficient (Wildman–Crippen LogP) is 2.79. The zero-order valence-corrected chi connectivity index (χ0v) is 12.2. The molecule has 0 saturated heterocycles. The monoisotopic (exact) mass is 334 g/mol. The van der Waals surface area contributed by atoms with Crippen LogP contribution in [0.25, 0.3) is 0 Å². The Morgan fingerprint density at radius 2 is 2.00 bits per heavy atom. The van der Waals surface area contributed by atoms with Gasteiger partial charge in [-0.2, -0.15) is 0 Å². The highest BCUT2D eigenvalue weighted by Gasteiger charge is 2.37. The molecule has 1 fully saturated rings. The third kappa shape index (κ3) is 3.16. The average molecular weight is 336 g/mol. The van der Waals surface area contributed by atoms with E-state index in [1.807, 2.05) is 0 Å². The maximum Gasteiger partial charge on any atom is 0.244 e. The van der Waals surface area contributed by atoms with E-state index in [1.54, 1.807) is 12.1 Å². The maximum absolute atomic E-state index is 12.0. The lowest BCUT2D eigenvalue weighted by Crippen LogP contribution is -2.48. The Labute approximate surface area is 120 Å². The van der Waals surface area contributed by atoms with Crippen LogP contribution in [0.1, 0.15) is 25.7 Å². The van der Waals surface area contributed by atoms with Gasteiger partial charge in [0.15, 0.2) is 0 Å². The van der Waals surface area contributed by atoms with Gasteiger partial charge in [-0.15, -0.1) is 12.4 Å². The Balaban J connectivity index is 0.00000162. The first kappa shape index (κ1) is 15.3. The van der Waals surface area contributed by atoms with E-state index in [-0.39, 0.29) is 24.1 Å². The van der Waals surface area contributed by atoms with Crippen LogP contribution in [0.4, 0.5) is 5.69 Å². The summed E-state index contributed by atoms with van der Waals surface area (Å²) in [5.41, 5.74) is 5.64. The third-order valence-electron chi connectivity index (χ3n) is 3.15. The highest BCUT2D eigenvalue weighted by Crippen LogP contribution is 2.31. The summed E-state index contributed by atoms with van der Waals surface area (Å²) in [6.45, 7) is 0. The van der Waals surface area contributed by atoms with Gasteiger partial charge in [0, 0.05) is 4.47 Å². The molecule has 0 spiro atoms. The van der Waals surface area contributed by atoms with Gasteiger partial charge < -0.3 is 16.2 Å². The minimum Gasteiger partial charge on any atom is -0.506 e. The molecule has 1 aliphatic rings. The Hall–Kier alpha value is -0.780. The number of nitrogens with one attached hydrogen (secondary N) is 1. The van der Waals surface area contributed by atoms with E-state index in [0.29, 0.717) is 18.5 Å². The predicted molar refractivity (Wildman–Crippen MR) is 77.1 cm³/mol. The molecule has 4 nitrogen and oxygen atoms in total. The molecule has 1 aromatic carbocycles. The number of anilines is 1. The van der Waals surface area contributed by atoms with Crippen molar-refractivity contribution in [2.45, 2.75) is 31.2 Å². The van der Waals surface area contributed by atoms with Gasteiger partial charge in [-0.3, -0.25) is 4.79 Å². The smallest absolute Gasteiger partial charge is 0.244 e. The lowest BCUT2D eigenvalue weighted by molar-refractivity contribution is -0.121. The fourth-order valence-corrected chi connectivity index (χ4v) is 2.45. The van der Waals surface area contributed by atoms with Crippen LogP contribution in [0.15, 0.2) is 22.7 Å². The Morgan fingerprint density at radius 3 is 2.61 bits per heavy atom. The van der Waals surface area contributed by atoms with E-state index < -0.39 is 5.54 Å². The van der Waals surface area contributed by atoms with Crippen LogP contribution in [-0.4, -0.2) is 16.6 Å². The largest absolute Gasteiger partial charge is 0.506 e. The first-order valence-electron chi connectivity index (χ1n) is 5.60. The van der Waals surface area contributed by atoms with Crippen molar-refractivity contribution in [3.63, 3.8) is 0 Å². The molecule has 0 aromatic heterocycles. The van der Waals surface area contributed by atoms with Crippen LogP contribution in [0.5, 0.6) is 5.75 Å². The summed E-state index contributed by atoms with van der Waals surface area (Å²) < 4.78 is 0.795. The molecule has 0 heterocycles. The Kier molecular flexibility index (Phi) is 5.01. The second kappa shape index (κ2) is 5.91. The van der Waals surface area contributed by atoms with E-state index in [0.717, 1.165) is 17.3 Å². The van der Waals surface area contributed by atoms with Crippen molar-refractivity contribution in [1.82, 2.24) is 0 Å². The molecule has 1 aliphatic carbocycles. The van der Waals surface area contributed by atoms with Gasteiger partial charge in [-0.05, 0) is 31.0 Å². The minimum atomic E-state index is -0.783. The van der Waals surface area contributed by atoms with Crippen molar-refractivity contribution in [1.29, 1.82) is 0 Å². The van der Waals surface area contributed by atoms with Crippen molar-refractivity contribution in [2.24, 2.45) is 5.73 Å². The normalized spacial score (nSPS) is 17.0. The molecule has 0 aliphatic heterocycles. The van der Waals surface area contributed by atoms with Crippen LogP contribution in [0.2, 0.25) is 0 Å². The summed E-state index contributed by atoms with van der Waals surface area (Å²) in [7, 11) is 0. The van der Waals surface area contributed by atoms with E-state index in [1.165, 1.54) is 6.07 Å².